The zero-order chi connectivity index (χ0) is 13.0. The van der Waals surface area contributed by atoms with Gasteiger partial charge in [-0.05, 0) is 30.3 Å². The standard InChI is InChI=1S/C12H12N2O3S/c1-2-3-9-6-8(11(15)16)7-10(14-9)18-12-13-4-5-17-12/h4-7H,2-3H2,1H3,(H,15,16). The van der Waals surface area contributed by atoms with E-state index in [-0.39, 0.29) is 5.56 Å². The highest BCUT2D eigenvalue weighted by Crippen LogP contribution is 2.25. The van der Waals surface area contributed by atoms with Gasteiger partial charge in [0.15, 0.2) is 0 Å². The first-order valence-corrected chi connectivity index (χ1v) is 6.32. The van der Waals surface area contributed by atoms with E-state index in [2.05, 4.69) is 9.97 Å². The maximum Gasteiger partial charge on any atom is 0.335 e. The molecule has 0 aliphatic rings. The van der Waals surface area contributed by atoms with Gasteiger partial charge in [-0.3, -0.25) is 0 Å². The van der Waals surface area contributed by atoms with Gasteiger partial charge in [-0.2, -0.15) is 0 Å². The third kappa shape index (κ3) is 3.10. The van der Waals surface area contributed by atoms with Crippen LogP contribution in [0, 0.1) is 0 Å². The van der Waals surface area contributed by atoms with E-state index in [0.717, 1.165) is 18.5 Å². The zero-order valence-corrected chi connectivity index (χ0v) is 10.6. The number of nitrogens with zero attached hydrogens (tertiary/aromatic N) is 2. The van der Waals surface area contributed by atoms with E-state index in [1.54, 1.807) is 6.07 Å². The van der Waals surface area contributed by atoms with Crippen molar-refractivity contribution >= 4 is 17.7 Å². The summed E-state index contributed by atoms with van der Waals surface area (Å²) in [5.41, 5.74) is 1.01. The molecule has 2 aromatic rings. The lowest BCUT2D eigenvalue weighted by atomic mass is 10.2. The van der Waals surface area contributed by atoms with Crippen LogP contribution in [-0.4, -0.2) is 21.0 Å². The summed E-state index contributed by atoms with van der Waals surface area (Å²) in [7, 11) is 0. The minimum absolute atomic E-state index is 0.238. The van der Waals surface area contributed by atoms with E-state index >= 15 is 0 Å². The van der Waals surface area contributed by atoms with Gasteiger partial charge in [0.25, 0.3) is 5.22 Å². The van der Waals surface area contributed by atoms with Gasteiger partial charge >= 0.3 is 5.97 Å². The highest BCUT2D eigenvalue weighted by atomic mass is 32.2. The lowest BCUT2D eigenvalue weighted by Gasteiger charge is -2.04. The number of aryl methyl sites for hydroxylation is 1. The van der Waals surface area contributed by atoms with Gasteiger partial charge in [-0.25, -0.2) is 14.8 Å². The van der Waals surface area contributed by atoms with E-state index in [0.29, 0.717) is 10.2 Å². The van der Waals surface area contributed by atoms with E-state index in [4.69, 9.17) is 9.52 Å². The molecular weight excluding hydrogens is 252 g/mol. The first-order valence-electron chi connectivity index (χ1n) is 5.50. The van der Waals surface area contributed by atoms with Crippen LogP contribution in [0.4, 0.5) is 0 Å². The second-order valence-corrected chi connectivity index (χ2v) is 4.61. The predicted molar refractivity (Wildman–Crippen MR) is 65.8 cm³/mol. The molecular formula is C12H12N2O3S. The Labute approximate surface area is 108 Å². The molecule has 0 aromatic carbocycles. The van der Waals surface area contributed by atoms with Crippen LogP contribution in [0.25, 0.3) is 0 Å². The number of aromatic nitrogens is 2. The average Bonchev–Trinajstić information content (AvgIpc) is 2.82. The molecule has 1 N–H and O–H groups in total. The summed E-state index contributed by atoms with van der Waals surface area (Å²) < 4.78 is 5.10. The fourth-order valence-electron chi connectivity index (χ4n) is 1.47. The van der Waals surface area contributed by atoms with Crippen LogP contribution in [-0.2, 0) is 6.42 Å². The molecule has 0 spiro atoms. The van der Waals surface area contributed by atoms with Crippen LogP contribution in [0.2, 0.25) is 0 Å². The smallest absolute Gasteiger partial charge is 0.335 e. The van der Waals surface area contributed by atoms with Gasteiger partial charge in [0.05, 0.1) is 11.8 Å². The number of pyridine rings is 1. The molecule has 0 saturated heterocycles. The van der Waals surface area contributed by atoms with Crippen molar-refractivity contribution < 1.29 is 14.3 Å². The van der Waals surface area contributed by atoms with Crippen molar-refractivity contribution in [2.45, 2.75) is 30.0 Å². The predicted octanol–water partition coefficient (Wildman–Crippen LogP) is 2.87. The first kappa shape index (κ1) is 12.6. The lowest BCUT2D eigenvalue weighted by Crippen LogP contribution is -2.01. The van der Waals surface area contributed by atoms with Crippen molar-refractivity contribution in [2.24, 2.45) is 0 Å². The summed E-state index contributed by atoms with van der Waals surface area (Å²) in [5, 5.41) is 10.1. The maximum absolute atomic E-state index is 11.0. The molecule has 5 nitrogen and oxygen atoms in total. The number of carboxylic acid groups (broad SMARTS) is 1. The minimum Gasteiger partial charge on any atom is -0.478 e. The molecule has 0 radical (unpaired) electrons. The summed E-state index contributed by atoms with van der Waals surface area (Å²) in [6.45, 7) is 2.02. The number of rotatable bonds is 5. The monoisotopic (exact) mass is 264 g/mol. The molecule has 0 amide bonds. The molecule has 0 fully saturated rings. The van der Waals surface area contributed by atoms with Crippen LogP contribution < -0.4 is 0 Å². The summed E-state index contributed by atoms with van der Waals surface area (Å²) in [4.78, 5) is 19.4. The van der Waals surface area contributed by atoms with Crippen molar-refractivity contribution in [3.05, 3.63) is 35.9 Å². The number of hydrogen-bond donors (Lipinski definition) is 1. The van der Waals surface area contributed by atoms with Gasteiger partial charge in [0, 0.05) is 5.69 Å². The first-order chi connectivity index (χ1) is 8.69. The second kappa shape index (κ2) is 5.68. The van der Waals surface area contributed by atoms with Crippen LogP contribution in [0.1, 0.15) is 29.4 Å². The van der Waals surface area contributed by atoms with Crippen LogP contribution in [0.3, 0.4) is 0 Å². The molecule has 94 valence electrons. The Kier molecular flexibility index (Phi) is 3.99. The number of aromatic carboxylic acids is 1. The molecule has 0 bridgehead atoms. The van der Waals surface area contributed by atoms with Crippen molar-refractivity contribution in [1.29, 1.82) is 0 Å². The molecule has 0 unspecified atom stereocenters. The lowest BCUT2D eigenvalue weighted by molar-refractivity contribution is 0.0696. The van der Waals surface area contributed by atoms with Crippen molar-refractivity contribution in [3.8, 4) is 0 Å². The molecule has 0 saturated carbocycles. The number of oxazole rings is 1. The third-order valence-electron chi connectivity index (χ3n) is 2.21. The highest BCUT2D eigenvalue weighted by molar-refractivity contribution is 7.99. The Morgan fingerprint density at radius 1 is 1.50 bits per heavy atom. The van der Waals surface area contributed by atoms with Gasteiger partial charge in [0.2, 0.25) is 0 Å². The quantitative estimate of drug-likeness (QED) is 0.894. The Balaban J connectivity index is 2.30. The zero-order valence-electron chi connectivity index (χ0n) is 9.79. The molecule has 2 aromatic heterocycles. The summed E-state index contributed by atoms with van der Waals surface area (Å²) in [6, 6.07) is 3.13. The molecule has 0 aliphatic carbocycles. The summed E-state index contributed by atoms with van der Waals surface area (Å²) in [6.07, 6.45) is 4.67. The van der Waals surface area contributed by atoms with Crippen molar-refractivity contribution in [2.75, 3.05) is 0 Å². The van der Waals surface area contributed by atoms with Crippen LogP contribution in [0.15, 0.2) is 39.3 Å². The van der Waals surface area contributed by atoms with Gasteiger partial charge < -0.3 is 9.52 Å². The van der Waals surface area contributed by atoms with Crippen molar-refractivity contribution in [1.82, 2.24) is 9.97 Å². The Morgan fingerprint density at radius 2 is 2.33 bits per heavy atom. The topological polar surface area (TPSA) is 76.2 Å². The fraction of sp³-hybridized carbons (Fsp3) is 0.250. The molecule has 2 heterocycles. The van der Waals surface area contributed by atoms with E-state index in [1.807, 2.05) is 6.92 Å². The highest BCUT2D eigenvalue weighted by Gasteiger charge is 2.10. The van der Waals surface area contributed by atoms with Gasteiger partial charge in [-0.15, -0.1) is 0 Å². The maximum atomic E-state index is 11.0. The van der Waals surface area contributed by atoms with E-state index < -0.39 is 5.97 Å². The molecule has 2 rings (SSSR count). The SMILES string of the molecule is CCCc1cc(C(=O)O)cc(Sc2ncco2)n1. The average molecular weight is 264 g/mol. The summed E-state index contributed by atoms with van der Waals surface area (Å²) >= 11 is 1.21. The number of carboxylic acids is 1. The van der Waals surface area contributed by atoms with Crippen LogP contribution >= 0.6 is 11.8 Å². The largest absolute Gasteiger partial charge is 0.478 e. The normalized spacial score (nSPS) is 10.5. The Morgan fingerprint density at radius 3 is 2.94 bits per heavy atom. The van der Waals surface area contributed by atoms with Gasteiger partial charge in [-0.1, -0.05) is 13.3 Å². The van der Waals surface area contributed by atoms with Gasteiger partial charge in [0.1, 0.15) is 11.3 Å². The molecule has 18 heavy (non-hydrogen) atoms. The minimum atomic E-state index is -0.955. The number of carbonyl (C=O) groups is 1. The van der Waals surface area contributed by atoms with Crippen LogP contribution in [0.5, 0.6) is 0 Å². The number of hydrogen-bond acceptors (Lipinski definition) is 5. The van der Waals surface area contributed by atoms with E-state index in [9.17, 15) is 4.79 Å². The Hall–Kier alpha value is -1.82. The fourth-order valence-corrected chi connectivity index (χ4v) is 2.22. The molecule has 0 aliphatic heterocycles. The molecule has 0 atom stereocenters. The van der Waals surface area contributed by atoms with E-state index in [1.165, 1.54) is 30.3 Å². The second-order valence-electron chi connectivity index (χ2n) is 3.64. The molecule has 6 heteroatoms. The Bertz CT molecular complexity index is 540. The summed E-state index contributed by atoms with van der Waals surface area (Å²) in [5.74, 6) is -0.955. The van der Waals surface area contributed by atoms with Crippen molar-refractivity contribution in [3.63, 3.8) is 0 Å². The third-order valence-corrected chi connectivity index (χ3v) is 3.00.